The highest BCUT2D eigenvalue weighted by Gasteiger charge is 2.34. The minimum Gasteiger partial charge on any atom is -0.446 e. The Bertz CT molecular complexity index is 478. The first-order valence-electron chi connectivity index (χ1n) is 8.43. The van der Waals surface area contributed by atoms with E-state index in [1.54, 1.807) is 6.19 Å². The lowest BCUT2D eigenvalue weighted by Gasteiger charge is -2.36. The van der Waals surface area contributed by atoms with E-state index >= 15 is 0 Å². The summed E-state index contributed by atoms with van der Waals surface area (Å²) in [6, 6.07) is -0.754. The molecule has 1 fully saturated rings. The molecule has 0 aromatic carbocycles. The highest BCUT2D eigenvalue weighted by Crippen LogP contribution is 2.35. The number of likely N-dealkylation sites (N-methyl/N-ethyl adjacent to an activating group) is 1. The molecule has 0 aromatic rings. The van der Waals surface area contributed by atoms with Crippen molar-refractivity contribution in [3.05, 3.63) is 0 Å². The molecule has 0 aromatic heterocycles. The van der Waals surface area contributed by atoms with E-state index in [-0.39, 0.29) is 6.10 Å². The second-order valence-corrected chi connectivity index (χ2v) is 7.83. The Hall–Kier alpha value is -1.42. The van der Waals surface area contributed by atoms with Crippen LogP contribution in [0.15, 0.2) is 0 Å². The van der Waals surface area contributed by atoms with Crippen molar-refractivity contribution in [1.29, 1.82) is 5.26 Å². The lowest BCUT2D eigenvalue weighted by Crippen LogP contribution is -2.49. The molecule has 1 aliphatic carbocycles. The van der Waals surface area contributed by atoms with E-state index in [1.807, 2.05) is 6.26 Å². The molecule has 7 heteroatoms. The highest BCUT2D eigenvalue weighted by atomic mass is 32.2. The Morgan fingerprint density at radius 1 is 1.42 bits per heavy atom. The van der Waals surface area contributed by atoms with Gasteiger partial charge in [0.05, 0.1) is 0 Å². The number of hydrogen-bond acceptors (Lipinski definition) is 5. The van der Waals surface area contributed by atoms with Gasteiger partial charge in [0.1, 0.15) is 12.1 Å². The van der Waals surface area contributed by atoms with Gasteiger partial charge in [-0.3, -0.25) is 9.69 Å². The van der Waals surface area contributed by atoms with Gasteiger partial charge in [0.2, 0.25) is 0 Å². The average Bonchev–Trinajstić information content (AvgIpc) is 2.52. The molecule has 1 N–H and O–H groups in total. The van der Waals surface area contributed by atoms with E-state index in [0.717, 1.165) is 24.2 Å². The van der Waals surface area contributed by atoms with Gasteiger partial charge in [-0.15, -0.1) is 0 Å². The third-order valence-electron chi connectivity index (χ3n) is 4.62. The molecule has 136 valence electrons. The molecule has 0 radical (unpaired) electrons. The van der Waals surface area contributed by atoms with Crippen LogP contribution in [0.2, 0.25) is 0 Å². The summed E-state index contributed by atoms with van der Waals surface area (Å²) >= 11 is 1.43. The van der Waals surface area contributed by atoms with Crippen molar-refractivity contribution >= 4 is 23.8 Å². The molecule has 1 rings (SSSR count). The van der Waals surface area contributed by atoms with Crippen LogP contribution < -0.4 is 5.32 Å². The van der Waals surface area contributed by atoms with Crippen molar-refractivity contribution in [1.82, 2.24) is 10.2 Å². The van der Waals surface area contributed by atoms with Crippen molar-refractivity contribution in [3.63, 3.8) is 0 Å². The van der Waals surface area contributed by atoms with Crippen molar-refractivity contribution in [2.24, 2.45) is 17.8 Å². The molecular formula is C17H29N3O3S. The minimum absolute atomic E-state index is 0.118. The molecule has 0 bridgehead atoms. The highest BCUT2D eigenvalue weighted by molar-refractivity contribution is 7.98. The summed E-state index contributed by atoms with van der Waals surface area (Å²) in [4.78, 5) is 25.4. The van der Waals surface area contributed by atoms with E-state index in [9.17, 15) is 9.59 Å². The first-order chi connectivity index (χ1) is 11.3. The number of alkyl carbamates (subject to hydrolysis) is 1. The van der Waals surface area contributed by atoms with E-state index in [4.69, 9.17) is 10.00 Å². The zero-order chi connectivity index (χ0) is 18.3. The molecule has 1 saturated carbocycles. The first-order valence-corrected chi connectivity index (χ1v) is 9.82. The predicted molar refractivity (Wildman–Crippen MR) is 95.3 cm³/mol. The molecular weight excluding hydrogens is 326 g/mol. The molecule has 4 unspecified atom stereocenters. The van der Waals surface area contributed by atoms with Crippen LogP contribution in [-0.2, 0) is 9.53 Å². The lowest BCUT2D eigenvalue weighted by atomic mass is 9.75. The van der Waals surface area contributed by atoms with Crippen molar-refractivity contribution in [2.45, 2.75) is 52.2 Å². The standard InChI is InChI=1S/C17H29N3O3S/c1-11(2)13-7-6-12(3)8-15(13)23-17(22)19-14(9-24-5)16(21)20(4)10-18/h11-15H,6-9H2,1-5H3,(H,19,22). The Balaban J connectivity index is 2.70. The lowest BCUT2D eigenvalue weighted by molar-refractivity contribution is -0.128. The zero-order valence-electron chi connectivity index (χ0n) is 15.2. The number of hydrogen-bond donors (Lipinski definition) is 1. The number of nitriles is 1. The molecule has 0 aliphatic heterocycles. The maximum atomic E-state index is 12.3. The molecule has 6 nitrogen and oxygen atoms in total. The number of carbonyl (C=O) groups excluding carboxylic acids is 2. The third-order valence-corrected chi connectivity index (χ3v) is 5.29. The van der Waals surface area contributed by atoms with E-state index in [2.05, 4.69) is 26.1 Å². The smallest absolute Gasteiger partial charge is 0.408 e. The van der Waals surface area contributed by atoms with Crippen LogP contribution in [0.4, 0.5) is 4.79 Å². The first kappa shape index (κ1) is 20.6. The second-order valence-electron chi connectivity index (χ2n) is 6.92. The second kappa shape index (κ2) is 9.77. The Morgan fingerprint density at radius 3 is 2.62 bits per heavy atom. The van der Waals surface area contributed by atoms with Gasteiger partial charge in [0.15, 0.2) is 6.19 Å². The molecule has 0 spiro atoms. The van der Waals surface area contributed by atoms with Crippen LogP contribution in [0.25, 0.3) is 0 Å². The van der Waals surface area contributed by atoms with Gasteiger partial charge in [0.25, 0.3) is 5.91 Å². The van der Waals surface area contributed by atoms with Crippen LogP contribution in [0.5, 0.6) is 0 Å². The number of thioether (sulfide) groups is 1. The Kier molecular flexibility index (Phi) is 8.40. The summed E-state index contributed by atoms with van der Waals surface area (Å²) < 4.78 is 5.66. The topological polar surface area (TPSA) is 82.4 Å². The summed E-state index contributed by atoms with van der Waals surface area (Å²) in [5, 5.41) is 11.5. The number of nitrogens with zero attached hydrogens (tertiary/aromatic N) is 2. The van der Waals surface area contributed by atoms with Crippen LogP contribution in [0.1, 0.15) is 40.0 Å². The quantitative estimate of drug-likeness (QED) is 0.585. The van der Waals surface area contributed by atoms with E-state index in [1.165, 1.54) is 18.8 Å². The van der Waals surface area contributed by atoms with Crippen LogP contribution in [0, 0.1) is 29.2 Å². The van der Waals surface area contributed by atoms with Crippen LogP contribution in [0.3, 0.4) is 0 Å². The molecule has 2 amide bonds. The number of carbonyl (C=O) groups is 2. The summed E-state index contributed by atoms with van der Waals surface area (Å²) in [5.74, 6) is 1.30. The van der Waals surface area contributed by atoms with Crippen molar-refractivity contribution in [3.8, 4) is 6.19 Å². The maximum Gasteiger partial charge on any atom is 0.408 e. The zero-order valence-corrected chi connectivity index (χ0v) is 16.1. The van der Waals surface area contributed by atoms with Crippen LogP contribution in [-0.4, -0.2) is 48.1 Å². The number of amides is 2. The van der Waals surface area contributed by atoms with Gasteiger partial charge in [-0.1, -0.05) is 27.2 Å². The van der Waals surface area contributed by atoms with Gasteiger partial charge >= 0.3 is 6.09 Å². The molecule has 4 atom stereocenters. The molecule has 24 heavy (non-hydrogen) atoms. The van der Waals surface area contributed by atoms with Crippen molar-refractivity contribution in [2.75, 3.05) is 19.1 Å². The van der Waals surface area contributed by atoms with Gasteiger partial charge in [-0.25, -0.2) is 4.79 Å². The maximum absolute atomic E-state index is 12.3. The molecule has 1 aliphatic rings. The van der Waals surface area contributed by atoms with Crippen molar-refractivity contribution < 1.29 is 14.3 Å². The Morgan fingerprint density at radius 2 is 2.08 bits per heavy atom. The summed E-state index contributed by atoms with van der Waals surface area (Å²) in [5.41, 5.74) is 0. The van der Waals surface area contributed by atoms with Gasteiger partial charge in [-0.2, -0.15) is 17.0 Å². The SMILES string of the molecule is CSCC(NC(=O)OC1CC(C)CCC1C(C)C)C(=O)N(C)C#N. The normalized spacial score (nSPS) is 24.8. The fraction of sp³-hybridized carbons (Fsp3) is 0.824. The number of ether oxygens (including phenoxy) is 1. The van der Waals surface area contributed by atoms with Gasteiger partial charge in [-0.05, 0) is 36.9 Å². The predicted octanol–water partition coefficient (Wildman–Crippen LogP) is 2.84. The molecule has 0 heterocycles. The number of rotatable bonds is 6. The fourth-order valence-electron chi connectivity index (χ4n) is 3.19. The van der Waals surface area contributed by atoms with Gasteiger partial charge in [0, 0.05) is 12.8 Å². The largest absolute Gasteiger partial charge is 0.446 e. The number of nitrogens with one attached hydrogen (secondary N) is 1. The summed E-state index contributed by atoms with van der Waals surface area (Å²) in [6.07, 6.45) is 5.99. The average molecular weight is 356 g/mol. The fourth-order valence-corrected chi connectivity index (χ4v) is 3.75. The molecule has 0 saturated heterocycles. The summed E-state index contributed by atoms with van der Waals surface area (Å²) in [6.45, 7) is 6.47. The van der Waals surface area contributed by atoms with E-state index in [0.29, 0.717) is 23.5 Å². The monoisotopic (exact) mass is 355 g/mol. The van der Waals surface area contributed by atoms with Crippen LogP contribution >= 0.6 is 11.8 Å². The third kappa shape index (κ3) is 5.90. The minimum atomic E-state index is -0.754. The summed E-state index contributed by atoms with van der Waals surface area (Å²) in [7, 11) is 1.39. The van der Waals surface area contributed by atoms with Gasteiger partial charge < -0.3 is 10.1 Å². The van der Waals surface area contributed by atoms with E-state index < -0.39 is 18.0 Å². The Labute approximate surface area is 149 Å².